The molecule has 1 amide bonds. The first-order valence-corrected chi connectivity index (χ1v) is 8.80. The minimum absolute atomic E-state index is 0.00742. The molecular weight excluding hydrogens is 347 g/mol. The van der Waals surface area contributed by atoms with Crippen LogP contribution in [-0.2, 0) is 11.2 Å². The van der Waals surface area contributed by atoms with E-state index < -0.39 is 0 Å². The molecule has 0 radical (unpaired) electrons. The van der Waals surface area contributed by atoms with Gasteiger partial charge in [0, 0.05) is 30.0 Å². The van der Waals surface area contributed by atoms with Gasteiger partial charge in [-0.05, 0) is 50.4 Å². The van der Waals surface area contributed by atoms with Crippen LogP contribution < -0.4 is 5.32 Å². The number of rotatable bonds is 6. The zero-order valence-corrected chi connectivity index (χ0v) is 14.7. The second kappa shape index (κ2) is 8.63. The second-order valence-electron chi connectivity index (χ2n) is 5.97. The number of amides is 1. The molecule has 22 heavy (non-hydrogen) atoms. The lowest BCUT2D eigenvalue weighted by Crippen LogP contribution is -2.42. The Morgan fingerprint density at radius 2 is 2.27 bits per heavy atom. The number of benzene rings is 1. The summed E-state index contributed by atoms with van der Waals surface area (Å²) in [5, 5.41) is 2.94. The summed E-state index contributed by atoms with van der Waals surface area (Å²) in [6.07, 6.45) is 4.57. The van der Waals surface area contributed by atoms with Crippen LogP contribution in [0.15, 0.2) is 22.7 Å². The van der Waals surface area contributed by atoms with Gasteiger partial charge in [0.2, 0.25) is 5.91 Å². The van der Waals surface area contributed by atoms with E-state index in [9.17, 15) is 9.18 Å². The Bertz CT molecular complexity index is 509. The van der Waals surface area contributed by atoms with Crippen molar-refractivity contribution in [2.24, 2.45) is 0 Å². The number of hydrogen-bond acceptors (Lipinski definition) is 2. The largest absolute Gasteiger partial charge is 0.355 e. The minimum Gasteiger partial charge on any atom is -0.355 e. The molecule has 0 aromatic heterocycles. The summed E-state index contributed by atoms with van der Waals surface area (Å²) in [6.45, 7) is 4.95. The van der Waals surface area contributed by atoms with Gasteiger partial charge in [0.05, 0.1) is 0 Å². The van der Waals surface area contributed by atoms with Gasteiger partial charge in [-0.1, -0.05) is 28.4 Å². The van der Waals surface area contributed by atoms with Gasteiger partial charge in [-0.25, -0.2) is 4.39 Å². The first kappa shape index (κ1) is 17.4. The first-order valence-electron chi connectivity index (χ1n) is 8.01. The van der Waals surface area contributed by atoms with E-state index in [2.05, 4.69) is 33.1 Å². The molecule has 5 heteroatoms. The Kier molecular flexibility index (Phi) is 6.83. The summed E-state index contributed by atoms with van der Waals surface area (Å²) in [4.78, 5) is 14.3. The van der Waals surface area contributed by atoms with Crippen molar-refractivity contribution >= 4 is 21.8 Å². The summed E-state index contributed by atoms with van der Waals surface area (Å²) in [6, 6.07) is 5.57. The average molecular weight is 371 g/mol. The van der Waals surface area contributed by atoms with Gasteiger partial charge in [-0.2, -0.15) is 0 Å². The van der Waals surface area contributed by atoms with E-state index in [1.165, 1.54) is 25.3 Å². The Balaban J connectivity index is 1.67. The predicted molar refractivity (Wildman–Crippen MR) is 90.3 cm³/mol. The number of carbonyl (C=O) groups is 1. The molecule has 1 aromatic rings. The van der Waals surface area contributed by atoms with Crippen LogP contribution in [0, 0.1) is 5.82 Å². The van der Waals surface area contributed by atoms with Crippen molar-refractivity contribution in [2.45, 2.75) is 45.1 Å². The molecule has 3 nitrogen and oxygen atoms in total. The van der Waals surface area contributed by atoms with Crippen LogP contribution in [0.2, 0.25) is 0 Å². The maximum absolute atomic E-state index is 13.7. The third-order valence-corrected chi connectivity index (χ3v) is 4.79. The standard InChI is InChI=1S/C17H24BrFN2O/c1-13-4-2-3-10-21(13)11-9-20-17(22)8-6-14-5-7-15(18)12-16(14)19/h5,7,12-13H,2-4,6,8-11H2,1H3,(H,20,22). The molecule has 1 fully saturated rings. The van der Waals surface area contributed by atoms with Crippen molar-refractivity contribution in [3.8, 4) is 0 Å². The third-order valence-electron chi connectivity index (χ3n) is 4.30. The lowest BCUT2D eigenvalue weighted by atomic mass is 10.0. The molecule has 1 aliphatic rings. The van der Waals surface area contributed by atoms with Crippen molar-refractivity contribution in [1.29, 1.82) is 0 Å². The zero-order chi connectivity index (χ0) is 15.9. The Morgan fingerprint density at radius 1 is 1.45 bits per heavy atom. The van der Waals surface area contributed by atoms with Gasteiger partial charge in [0.25, 0.3) is 0 Å². The lowest BCUT2D eigenvalue weighted by molar-refractivity contribution is -0.121. The average Bonchev–Trinajstić information content (AvgIpc) is 2.48. The van der Waals surface area contributed by atoms with Gasteiger partial charge in [-0.3, -0.25) is 9.69 Å². The molecule has 122 valence electrons. The molecule has 0 saturated carbocycles. The summed E-state index contributed by atoms with van der Waals surface area (Å²) in [7, 11) is 0. The topological polar surface area (TPSA) is 32.3 Å². The van der Waals surface area contributed by atoms with Gasteiger partial charge in [0.15, 0.2) is 0 Å². The van der Waals surface area contributed by atoms with Crippen LogP contribution in [0.5, 0.6) is 0 Å². The van der Waals surface area contributed by atoms with Crippen molar-refractivity contribution in [1.82, 2.24) is 10.2 Å². The highest BCUT2D eigenvalue weighted by Gasteiger charge is 2.17. The molecule has 1 aromatic carbocycles. The highest BCUT2D eigenvalue weighted by atomic mass is 79.9. The summed E-state index contributed by atoms with van der Waals surface area (Å²) < 4.78 is 14.4. The second-order valence-corrected chi connectivity index (χ2v) is 6.88. The molecule has 1 unspecified atom stereocenters. The smallest absolute Gasteiger partial charge is 0.220 e. The molecule has 0 bridgehead atoms. The van der Waals surface area contributed by atoms with Crippen LogP contribution in [0.1, 0.15) is 38.2 Å². The normalized spacial score (nSPS) is 19.1. The lowest BCUT2D eigenvalue weighted by Gasteiger charge is -2.33. The molecule has 0 spiro atoms. The quantitative estimate of drug-likeness (QED) is 0.830. The van der Waals surface area contributed by atoms with Crippen LogP contribution in [0.25, 0.3) is 0 Å². The predicted octanol–water partition coefficient (Wildman–Crippen LogP) is 3.51. The summed E-state index contributed by atoms with van der Waals surface area (Å²) >= 11 is 3.23. The van der Waals surface area contributed by atoms with E-state index >= 15 is 0 Å². The maximum Gasteiger partial charge on any atom is 0.220 e. The Morgan fingerprint density at radius 3 is 3.00 bits per heavy atom. The highest BCUT2D eigenvalue weighted by molar-refractivity contribution is 9.10. The van der Waals surface area contributed by atoms with E-state index in [1.54, 1.807) is 12.1 Å². The third kappa shape index (κ3) is 5.36. The number of nitrogens with one attached hydrogen (secondary N) is 1. The van der Waals surface area contributed by atoms with E-state index in [4.69, 9.17) is 0 Å². The summed E-state index contributed by atoms with van der Waals surface area (Å²) in [5.74, 6) is -0.267. The van der Waals surface area contributed by atoms with E-state index in [0.717, 1.165) is 13.1 Å². The van der Waals surface area contributed by atoms with Crippen molar-refractivity contribution in [3.63, 3.8) is 0 Å². The van der Waals surface area contributed by atoms with Crippen molar-refractivity contribution in [3.05, 3.63) is 34.1 Å². The number of hydrogen-bond donors (Lipinski definition) is 1. The monoisotopic (exact) mass is 370 g/mol. The zero-order valence-electron chi connectivity index (χ0n) is 13.1. The summed E-state index contributed by atoms with van der Waals surface area (Å²) in [5.41, 5.74) is 0.586. The fraction of sp³-hybridized carbons (Fsp3) is 0.588. The Labute approximate surface area is 140 Å². The molecular formula is C17H24BrFN2O. The molecule has 1 N–H and O–H groups in total. The van der Waals surface area contributed by atoms with Crippen LogP contribution >= 0.6 is 15.9 Å². The SMILES string of the molecule is CC1CCCCN1CCNC(=O)CCc1ccc(Br)cc1F. The van der Waals surface area contributed by atoms with Gasteiger partial charge in [0.1, 0.15) is 5.82 Å². The number of carbonyl (C=O) groups excluding carboxylic acids is 1. The van der Waals surface area contributed by atoms with Crippen LogP contribution in [-0.4, -0.2) is 36.5 Å². The number of nitrogens with zero attached hydrogens (tertiary/aromatic N) is 1. The molecule has 1 atom stereocenters. The van der Waals surface area contributed by atoms with Crippen molar-refractivity contribution in [2.75, 3.05) is 19.6 Å². The van der Waals surface area contributed by atoms with Crippen LogP contribution in [0.4, 0.5) is 4.39 Å². The number of likely N-dealkylation sites (tertiary alicyclic amines) is 1. The fourth-order valence-electron chi connectivity index (χ4n) is 2.89. The number of halogens is 2. The molecule has 1 aliphatic heterocycles. The van der Waals surface area contributed by atoms with Gasteiger partial charge < -0.3 is 5.32 Å². The maximum atomic E-state index is 13.7. The molecule has 1 saturated heterocycles. The highest BCUT2D eigenvalue weighted by Crippen LogP contribution is 2.17. The molecule has 1 heterocycles. The number of aryl methyl sites for hydroxylation is 1. The van der Waals surface area contributed by atoms with Crippen molar-refractivity contribution < 1.29 is 9.18 Å². The molecule has 0 aliphatic carbocycles. The van der Waals surface area contributed by atoms with Crippen LogP contribution in [0.3, 0.4) is 0 Å². The fourth-order valence-corrected chi connectivity index (χ4v) is 3.22. The van der Waals surface area contributed by atoms with E-state index in [-0.39, 0.29) is 11.7 Å². The minimum atomic E-state index is -0.260. The van der Waals surface area contributed by atoms with E-state index in [0.29, 0.717) is 35.5 Å². The van der Waals surface area contributed by atoms with E-state index in [1.807, 2.05) is 0 Å². The first-order chi connectivity index (χ1) is 10.6. The van der Waals surface area contributed by atoms with Gasteiger partial charge >= 0.3 is 0 Å². The Hall–Kier alpha value is -0.940. The molecule has 2 rings (SSSR count). The van der Waals surface area contributed by atoms with Gasteiger partial charge in [-0.15, -0.1) is 0 Å². The number of piperidine rings is 1.